The number of benzene rings is 2. The van der Waals surface area contributed by atoms with Gasteiger partial charge in [0.1, 0.15) is 0 Å². The summed E-state index contributed by atoms with van der Waals surface area (Å²) in [5.74, 6) is 0. The lowest BCUT2D eigenvalue weighted by Gasteiger charge is -2.15. The van der Waals surface area contributed by atoms with Gasteiger partial charge in [0.15, 0.2) is 0 Å². The Hall–Kier alpha value is -1.42. The van der Waals surface area contributed by atoms with Gasteiger partial charge in [0.25, 0.3) is 0 Å². The third kappa shape index (κ3) is 2.57. The molecule has 1 heterocycles. The number of halogens is 2. The normalized spacial score (nSPS) is 12.6. The maximum atomic E-state index is 6.35. The summed E-state index contributed by atoms with van der Waals surface area (Å²) in [6.45, 7) is 0. The monoisotopic (exact) mass is 346 g/mol. The van der Waals surface area contributed by atoms with Crippen molar-refractivity contribution in [2.24, 2.45) is 5.73 Å². The van der Waals surface area contributed by atoms with Gasteiger partial charge >= 0.3 is 0 Å². The van der Waals surface area contributed by atoms with Crippen LogP contribution in [0.3, 0.4) is 0 Å². The molecule has 1 atom stereocenters. The van der Waals surface area contributed by atoms with Crippen LogP contribution in [0.5, 0.6) is 0 Å². The highest BCUT2D eigenvalue weighted by Crippen LogP contribution is 2.30. The number of hydrogen-bond donors (Lipinski definition) is 1. The first-order valence-electron chi connectivity index (χ1n) is 6.20. The van der Waals surface area contributed by atoms with Gasteiger partial charge in [-0.1, -0.05) is 39.7 Å². The summed E-state index contributed by atoms with van der Waals surface area (Å²) in [7, 11) is 0. The van der Waals surface area contributed by atoms with Gasteiger partial charge in [-0.2, -0.15) is 0 Å². The molecule has 100 valence electrons. The molecule has 0 amide bonds. The molecule has 0 bridgehead atoms. The molecule has 0 fully saturated rings. The van der Waals surface area contributed by atoms with Crippen molar-refractivity contribution in [2.45, 2.75) is 6.04 Å². The first-order valence-corrected chi connectivity index (χ1v) is 7.37. The van der Waals surface area contributed by atoms with Gasteiger partial charge in [0, 0.05) is 21.1 Å². The molecule has 2 N–H and O–H groups in total. The molecule has 0 aliphatic carbocycles. The quantitative estimate of drug-likeness (QED) is 0.730. The molecule has 0 aliphatic rings. The van der Waals surface area contributed by atoms with E-state index in [0.717, 1.165) is 26.5 Å². The molecular formula is C16H12BrClN2. The molecule has 4 heteroatoms. The summed E-state index contributed by atoms with van der Waals surface area (Å²) in [4.78, 5) is 4.31. The molecule has 0 saturated carbocycles. The highest BCUT2D eigenvalue weighted by Gasteiger charge is 2.13. The van der Waals surface area contributed by atoms with E-state index in [0.29, 0.717) is 5.02 Å². The number of rotatable bonds is 2. The van der Waals surface area contributed by atoms with Gasteiger partial charge in [0.05, 0.1) is 11.6 Å². The van der Waals surface area contributed by atoms with Crippen molar-refractivity contribution in [1.82, 2.24) is 4.98 Å². The summed E-state index contributed by atoms with van der Waals surface area (Å²) >= 11 is 9.70. The maximum absolute atomic E-state index is 6.35. The topological polar surface area (TPSA) is 38.9 Å². The lowest BCUT2D eigenvalue weighted by molar-refractivity contribution is 0.872. The second-order valence-electron chi connectivity index (χ2n) is 4.60. The van der Waals surface area contributed by atoms with Crippen LogP contribution in [0.4, 0.5) is 0 Å². The van der Waals surface area contributed by atoms with Gasteiger partial charge < -0.3 is 5.73 Å². The molecule has 3 aromatic rings. The molecule has 1 unspecified atom stereocenters. The fourth-order valence-corrected chi connectivity index (χ4v) is 2.83. The Morgan fingerprint density at radius 2 is 1.95 bits per heavy atom. The number of nitrogens with zero attached hydrogens (tertiary/aromatic N) is 1. The Morgan fingerprint density at radius 1 is 1.10 bits per heavy atom. The van der Waals surface area contributed by atoms with E-state index in [1.165, 1.54) is 0 Å². The summed E-state index contributed by atoms with van der Waals surface area (Å²) in [6.07, 6.45) is 1.78. The van der Waals surface area contributed by atoms with Gasteiger partial charge in [-0.25, -0.2) is 0 Å². The lowest BCUT2D eigenvalue weighted by Crippen LogP contribution is -2.12. The maximum Gasteiger partial charge on any atom is 0.0702 e. The molecule has 0 aliphatic heterocycles. The van der Waals surface area contributed by atoms with E-state index >= 15 is 0 Å². The summed E-state index contributed by atoms with van der Waals surface area (Å²) < 4.78 is 0.967. The predicted molar refractivity (Wildman–Crippen MR) is 86.9 cm³/mol. The SMILES string of the molecule is NC(c1ccc2ncccc2c1)c1cc(Br)ccc1Cl. The average Bonchev–Trinajstić information content (AvgIpc) is 2.48. The van der Waals surface area contributed by atoms with Crippen molar-refractivity contribution < 1.29 is 0 Å². The van der Waals surface area contributed by atoms with E-state index in [4.69, 9.17) is 17.3 Å². The highest BCUT2D eigenvalue weighted by molar-refractivity contribution is 9.10. The zero-order chi connectivity index (χ0) is 14.1. The van der Waals surface area contributed by atoms with E-state index in [1.54, 1.807) is 6.20 Å². The molecule has 3 rings (SSSR count). The smallest absolute Gasteiger partial charge is 0.0702 e. The van der Waals surface area contributed by atoms with E-state index in [9.17, 15) is 0 Å². The molecule has 0 saturated heterocycles. The van der Waals surface area contributed by atoms with Crippen molar-refractivity contribution in [3.8, 4) is 0 Å². The van der Waals surface area contributed by atoms with Crippen molar-refractivity contribution in [2.75, 3.05) is 0 Å². The standard InChI is InChI=1S/C16H12BrClN2/c17-12-4-5-14(18)13(9-12)16(19)11-3-6-15-10(8-11)2-1-7-20-15/h1-9,16H,19H2. The number of pyridine rings is 1. The van der Waals surface area contributed by atoms with Crippen LogP contribution in [0, 0.1) is 0 Å². The number of aromatic nitrogens is 1. The zero-order valence-corrected chi connectivity index (χ0v) is 12.9. The molecule has 1 aromatic heterocycles. The Labute approximate surface area is 130 Å². The second kappa shape index (κ2) is 5.52. The van der Waals surface area contributed by atoms with Gasteiger partial charge in [0.2, 0.25) is 0 Å². The van der Waals surface area contributed by atoms with Crippen molar-refractivity contribution in [3.05, 3.63) is 75.4 Å². The van der Waals surface area contributed by atoms with Crippen LogP contribution in [0.25, 0.3) is 10.9 Å². The summed E-state index contributed by atoms with van der Waals surface area (Å²) in [6, 6.07) is 15.4. The molecule has 0 radical (unpaired) electrons. The molecule has 20 heavy (non-hydrogen) atoms. The fourth-order valence-electron chi connectivity index (χ4n) is 2.22. The Morgan fingerprint density at radius 3 is 2.80 bits per heavy atom. The number of hydrogen-bond acceptors (Lipinski definition) is 2. The largest absolute Gasteiger partial charge is 0.320 e. The van der Waals surface area contributed by atoms with Crippen LogP contribution in [0.2, 0.25) is 5.02 Å². The minimum Gasteiger partial charge on any atom is -0.320 e. The molecule has 2 nitrogen and oxygen atoms in total. The van der Waals surface area contributed by atoms with Crippen molar-refractivity contribution in [1.29, 1.82) is 0 Å². The van der Waals surface area contributed by atoms with Gasteiger partial charge in [-0.15, -0.1) is 0 Å². The van der Waals surface area contributed by atoms with Crippen LogP contribution in [0.15, 0.2) is 59.2 Å². The van der Waals surface area contributed by atoms with Crippen molar-refractivity contribution in [3.63, 3.8) is 0 Å². The minimum absolute atomic E-state index is 0.260. The molecular weight excluding hydrogens is 336 g/mol. The van der Waals surface area contributed by atoms with Crippen LogP contribution in [-0.2, 0) is 0 Å². The highest BCUT2D eigenvalue weighted by atomic mass is 79.9. The second-order valence-corrected chi connectivity index (χ2v) is 5.92. The Kier molecular flexibility index (Phi) is 3.74. The Balaban J connectivity index is 2.07. The fraction of sp³-hybridized carbons (Fsp3) is 0.0625. The summed E-state index contributed by atoms with van der Waals surface area (Å²) in [5, 5.41) is 1.75. The predicted octanol–water partition coefficient (Wildman–Crippen LogP) is 4.70. The van der Waals surface area contributed by atoms with E-state index in [2.05, 4.69) is 27.0 Å². The van der Waals surface area contributed by atoms with Gasteiger partial charge in [-0.05, 0) is 47.5 Å². The van der Waals surface area contributed by atoms with Crippen LogP contribution >= 0.6 is 27.5 Å². The average molecular weight is 348 g/mol. The number of fused-ring (bicyclic) bond motifs is 1. The molecule has 2 aromatic carbocycles. The first-order chi connectivity index (χ1) is 9.65. The zero-order valence-electron chi connectivity index (χ0n) is 10.6. The molecule has 0 spiro atoms. The third-order valence-electron chi connectivity index (χ3n) is 3.28. The van der Waals surface area contributed by atoms with Crippen LogP contribution < -0.4 is 5.73 Å². The minimum atomic E-state index is -0.260. The van der Waals surface area contributed by atoms with E-state index in [1.807, 2.05) is 42.5 Å². The number of nitrogens with two attached hydrogens (primary N) is 1. The Bertz CT molecular complexity index is 773. The van der Waals surface area contributed by atoms with E-state index < -0.39 is 0 Å². The summed E-state index contributed by atoms with van der Waals surface area (Å²) in [5.41, 5.74) is 9.24. The van der Waals surface area contributed by atoms with Crippen LogP contribution in [-0.4, -0.2) is 4.98 Å². The third-order valence-corrected chi connectivity index (χ3v) is 4.12. The van der Waals surface area contributed by atoms with E-state index in [-0.39, 0.29) is 6.04 Å². The first kappa shape index (κ1) is 13.6. The lowest BCUT2D eigenvalue weighted by atomic mass is 9.98. The van der Waals surface area contributed by atoms with Crippen molar-refractivity contribution >= 4 is 38.4 Å². The van der Waals surface area contributed by atoms with Crippen LogP contribution in [0.1, 0.15) is 17.2 Å². The van der Waals surface area contributed by atoms with Gasteiger partial charge in [-0.3, -0.25) is 4.98 Å².